The van der Waals surface area contributed by atoms with Gasteiger partial charge in [-0.2, -0.15) is 0 Å². The summed E-state index contributed by atoms with van der Waals surface area (Å²) in [5.74, 6) is 0. The summed E-state index contributed by atoms with van der Waals surface area (Å²) >= 11 is 5.97. The summed E-state index contributed by atoms with van der Waals surface area (Å²) in [6.45, 7) is 2.17. The van der Waals surface area contributed by atoms with E-state index in [9.17, 15) is 8.42 Å². The summed E-state index contributed by atoms with van der Waals surface area (Å²) in [6.07, 6.45) is 2.22. The minimum absolute atomic E-state index is 0.0454. The Morgan fingerprint density at radius 2 is 2.25 bits per heavy atom. The van der Waals surface area contributed by atoms with Crippen LogP contribution in [0.3, 0.4) is 0 Å². The van der Waals surface area contributed by atoms with Crippen LogP contribution < -0.4 is 4.72 Å². The molecule has 2 rings (SSSR count). The highest BCUT2D eigenvalue weighted by Crippen LogP contribution is 2.22. The number of halogens is 1. The van der Waals surface area contributed by atoms with Gasteiger partial charge in [-0.15, -0.1) is 0 Å². The van der Waals surface area contributed by atoms with Crippen molar-refractivity contribution in [1.29, 1.82) is 0 Å². The number of methoxy groups -OCH3 is 1. The molecule has 0 radical (unpaired) electrons. The van der Waals surface area contributed by atoms with Gasteiger partial charge in [0.25, 0.3) is 10.0 Å². The Labute approximate surface area is 122 Å². The highest BCUT2D eigenvalue weighted by molar-refractivity contribution is 7.89. The number of nitrogens with zero attached hydrogens (tertiary/aromatic N) is 2. The molecule has 0 spiro atoms. The number of pyridine rings is 1. The zero-order valence-corrected chi connectivity index (χ0v) is 12.8. The van der Waals surface area contributed by atoms with Crippen molar-refractivity contribution in [1.82, 2.24) is 14.1 Å². The summed E-state index contributed by atoms with van der Waals surface area (Å²) in [5, 5.41) is -0.0970. The molecule has 0 fully saturated rings. The first kappa shape index (κ1) is 15.2. The van der Waals surface area contributed by atoms with Crippen molar-refractivity contribution in [3.05, 3.63) is 29.5 Å². The van der Waals surface area contributed by atoms with Gasteiger partial charge in [-0.05, 0) is 18.6 Å². The van der Waals surface area contributed by atoms with Crippen LogP contribution in [0.15, 0.2) is 29.4 Å². The first-order valence-electron chi connectivity index (χ1n) is 6.13. The third kappa shape index (κ3) is 2.95. The number of hydrogen-bond acceptors (Lipinski definition) is 4. The van der Waals surface area contributed by atoms with Crippen molar-refractivity contribution in [2.75, 3.05) is 13.7 Å². The van der Waals surface area contributed by atoms with Crippen molar-refractivity contribution < 1.29 is 13.2 Å². The molecule has 20 heavy (non-hydrogen) atoms. The summed E-state index contributed by atoms with van der Waals surface area (Å²) in [7, 11) is -2.24. The maximum atomic E-state index is 12.5. The summed E-state index contributed by atoms with van der Waals surface area (Å²) in [6, 6.07) is 4.87. The summed E-state index contributed by atoms with van der Waals surface area (Å²) in [4.78, 5) is 4.04. The molecule has 0 saturated heterocycles. The van der Waals surface area contributed by atoms with Crippen molar-refractivity contribution in [3.63, 3.8) is 0 Å². The van der Waals surface area contributed by atoms with Gasteiger partial charge >= 0.3 is 0 Å². The van der Waals surface area contributed by atoms with Gasteiger partial charge in [0.1, 0.15) is 5.65 Å². The number of ether oxygens (including phenoxy) is 1. The van der Waals surface area contributed by atoms with E-state index in [0.717, 1.165) is 0 Å². The molecule has 1 unspecified atom stereocenters. The fraction of sp³-hybridized carbons (Fsp3) is 0.417. The normalized spacial score (nSPS) is 13.8. The number of rotatable bonds is 6. The molecule has 0 bridgehead atoms. The van der Waals surface area contributed by atoms with Crippen LogP contribution in [0.2, 0.25) is 5.15 Å². The number of imidazole rings is 1. The Morgan fingerprint density at radius 3 is 2.90 bits per heavy atom. The molecule has 0 aliphatic heterocycles. The summed E-state index contributed by atoms with van der Waals surface area (Å²) < 4.78 is 33.9. The van der Waals surface area contributed by atoms with E-state index in [1.54, 1.807) is 24.4 Å². The largest absolute Gasteiger partial charge is 0.383 e. The molecule has 1 N–H and O–H groups in total. The average molecular weight is 318 g/mol. The smallest absolute Gasteiger partial charge is 0.260 e. The quantitative estimate of drug-likeness (QED) is 0.880. The van der Waals surface area contributed by atoms with E-state index in [2.05, 4.69) is 9.71 Å². The highest BCUT2D eigenvalue weighted by Gasteiger charge is 2.26. The molecule has 0 amide bonds. The van der Waals surface area contributed by atoms with E-state index in [1.807, 2.05) is 6.92 Å². The van der Waals surface area contributed by atoms with Crippen LogP contribution in [-0.2, 0) is 14.8 Å². The van der Waals surface area contributed by atoms with E-state index in [0.29, 0.717) is 18.7 Å². The third-order valence-corrected chi connectivity index (χ3v) is 4.80. The molecule has 1 atom stereocenters. The second-order valence-corrected chi connectivity index (χ2v) is 6.31. The molecular formula is C12H16ClN3O3S. The predicted octanol–water partition coefficient (Wildman–Crippen LogP) is 1.69. The average Bonchev–Trinajstić information content (AvgIpc) is 2.74. The topological polar surface area (TPSA) is 72.7 Å². The first-order chi connectivity index (χ1) is 9.49. The van der Waals surface area contributed by atoms with E-state index < -0.39 is 10.0 Å². The maximum absolute atomic E-state index is 12.5. The van der Waals surface area contributed by atoms with E-state index in [-0.39, 0.29) is 16.2 Å². The van der Waals surface area contributed by atoms with E-state index >= 15 is 0 Å². The molecule has 110 valence electrons. The predicted molar refractivity (Wildman–Crippen MR) is 76.5 cm³/mol. The lowest BCUT2D eigenvalue weighted by molar-refractivity contribution is 0.173. The van der Waals surface area contributed by atoms with Crippen LogP contribution >= 0.6 is 11.6 Å². The van der Waals surface area contributed by atoms with Crippen LogP contribution in [0.4, 0.5) is 0 Å². The third-order valence-electron chi connectivity index (χ3n) is 2.88. The van der Waals surface area contributed by atoms with Crippen molar-refractivity contribution in [2.24, 2.45) is 0 Å². The van der Waals surface area contributed by atoms with Crippen molar-refractivity contribution in [2.45, 2.75) is 24.4 Å². The number of aromatic nitrogens is 2. The van der Waals surface area contributed by atoms with Crippen LogP contribution in [0.25, 0.3) is 5.65 Å². The molecule has 2 aromatic rings. The number of fused-ring (bicyclic) bond motifs is 1. The Balaban J connectivity index is 2.44. The van der Waals surface area contributed by atoms with Gasteiger partial charge in [0.05, 0.1) is 6.61 Å². The monoisotopic (exact) mass is 317 g/mol. The molecule has 2 heterocycles. The minimum atomic E-state index is -3.77. The Morgan fingerprint density at radius 1 is 1.50 bits per heavy atom. The molecule has 0 saturated carbocycles. The molecule has 0 aliphatic carbocycles. The van der Waals surface area contributed by atoms with Gasteiger partial charge in [0.2, 0.25) is 0 Å². The van der Waals surface area contributed by atoms with Gasteiger partial charge in [0, 0.05) is 19.3 Å². The Bertz CT molecular complexity index is 699. The zero-order valence-electron chi connectivity index (χ0n) is 11.2. The maximum Gasteiger partial charge on any atom is 0.260 e. The van der Waals surface area contributed by atoms with Gasteiger partial charge in [0.15, 0.2) is 10.2 Å². The lowest BCUT2D eigenvalue weighted by atomic mass is 10.3. The van der Waals surface area contributed by atoms with Crippen LogP contribution in [0.1, 0.15) is 13.3 Å². The molecule has 0 aromatic carbocycles. The zero-order chi connectivity index (χ0) is 14.8. The molecular weight excluding hydrogens is 302 g/mol. The lowest BCUT2D eigenvalue weighted by Gasteiger charge is -2.15. The van der Waals surface area contributed by atoms with Crippen molar-refractivity contribution >= 4 is 27.3 Å². The second-order valence-electron chi connectivity index (χ2n) is 4.32. The van der Waals surface area contributed by atoms with Gasteiger partial charge in [-0.3, -0.25) is 4.40 Å². The van der Waals surface area contributed by atoms with Gasteiger partial charge in [-0.1, -0.05) is 24.6 Å². The molecule has 8 heteroatoms. The number of sulfonamides is 1. The van der Waals surface area contributed by atoms with Gasteiger partial charge in [-0.25, -0.2) is 18.1 Å². The minimum Gasteiger partial charge on any atom is -0.383 e. The molecule has 2 aromatic heterocycles. The van der Waals surface area contributed by atoms with Gasteiger partial charge < -0.3 is 4.74 Å². The number of nitrogens with one attached hydrogen (secondary N) is 1. The Hall–Kier alpha value is -1.15. The second kappa shape index (κ2) is 6.09. The number of hydrogen-bond donors (Lipinski definition) is 1. The lowest BCUT2D eigenvalue weighted by Crippen LogP contribution is -2.38. The van der Waals surface area contributed by atoms with E-state index in [4.69, 9.17) is 16.3 Å². The highest BCUT2D eigenvalue weighted by atomic mass is 35.5. The molecule has 0 aliphatic rings. The van der Waals surface area contributed by atoms with E-state index in [1.165, 1.54) is 11.5 Å². The molecule has 6 nitrogen and oxygen atoms in total. The first-order valence-corrected chi connectivity index (χ1v) is 7.99. The summed E-state index contributed by atoms with van der Waals surface area (Å²) in [5.41, 5.74) is 0.484. The van der Waals surface area contributed by atoms with Crippen LogP contribution in [-0.4, -0.2) is 37.6 Å². The standard InChI is InChI=1S/C12H16ClN3O3S/c1-3-9(8-19-2)15-20(17,18)12-11(13)14-10-6-4-5-7-16(10)12/h4-7,9,15H,3,8H2,1-2H3. The fourth-order valence-corrected chi connectivity index (χ4v) is 3.84. The van der Waals surface area contributed by atoms with Crippen LogP contribution in [0, 0.1) is 0 Å². The Kier molecular flexibility index (Phi) is 4.64. The fourth-order valence-electron chi connectivity index (χ4n) is 1.90. The SMILES string of the molecule is CCC(COC)NS(=O)(=O)c1c(Cl)nc2ccccn12. The van der Waals surface area contributed by atoms with Crippen LogP contribution in [0.5, 0.6) is 0 Å². The van der Waals surface area contributed by atoms with Crippen molar-refractivity contribution in [3.8, 4) is 0 Å².